The monoisotopic (exact) mass is 374 g/mol. The number of nitrogens with zero attached hydrogens (tertiary/aromatic N) is 1. The van der Waals surface area contributed by atoms with Gasteiger partial charge in [0.1, 0.15) is 0 Å². The second-order valence-corrected chi connectivity index (χ2v) is 8.64. The van der Waals surface area contributed by atoms with Crippen molar-refractivity contribution in [3.8, 4) is 0 Å². The summed E-state index contributed by atoms with van der Waals surface area (Å²) < 4.78 is 6.89. The third-order valence-corrected chi connectivity index (χ3v) is 5.57. The molecule has 1 aromatic heterocycles. The Labute approximate surface area is 141 Å². The third-order valence-electron chi connectivity index (χ3n) is 3.89. The largest absolute Gasteiger partial charge is 0.381 e. The van der Waals surface area contributed by atoms with E-state index in [-0.39, 0.29) is 5.41 Å². The third kappa shape index (κ3) is 5.64. The number of nitrogens with one attached hydrogen (secondary N) is 1. The predicted molar refractivity (Wildman–Crippen MR) is 93.9 cm³/mol. The number of hydrogen-bond acceptors (Lipinski definition) is 4. The maximum Gasteiger partial charge on any atom is 0.0547 e. The average Bonchev–Trinajstić information content (AvgIpc) is 2.99. The summed E-state index contributed by atoms with van der Waals surface area (Å²) in [6.45, 7) is 10.6. The zero-order valence-corrected chi connectivity index (χ0v) is 15.7. The lowest BCUT2D eigenvalue weighted by Gasteiger charge is -2.32. The minimum atomic E-state index is 0.276. The standard InChI is InChI=1S/C16H27BrN2OS/c1-13(2)7-18-10-16(4-5-20-12-16)11-19(3)8-15-6-14(17)9-21-15/h6,9,13,18H,4-5,7-8,10-12H2,1-3H3. The van der Waals surface area contributed by atoms with Crippen LogP contribution >= 0.6 is 27.3 Å². The van der Waals surface area contributed by atoms with Crippen LogP contribution in [0.25, 0.3) is 0 Å². The van der Waals surface area contributed by atoms with E-state index >= 15 is 0 Å². The van der Waals surface area contributed by atoms with Crippen LogP contribution in [0.2, 0.25) is 0 Å². The first-order valence-electron chi connectivity index (χ1n) is 7.69. The van der Waals surface area contributed by atoms with Crippen molar-refractivity contribution in [1.82, 2.24) is 10.2 Å². The Morgan fingerprint density at radius 3 is 2.90 bits per heavy atom. The van der Waals surface area contributed by atoms with Crippen LogP contribution in [-0.4, -0.2) is 44.8 Å². The normalized spacial score (nSPS) is 22.6. The van der Waals surface area contributed by atoms with Gasteiger partial charge in [0.2, 0.25) is 0 Å². The number of ether oxygens (including phenoxy) is 1. The van der Waals surface area contributed by atoms with Crippen LogP contribution in [0, 0.1) is 11.3 Å². The van der Waals surface area contributed by atoms with E-state index in [1.54, 1.807) is 0 Å². The van der Waals surface area contributed by atoms with Gasteiger partial charge in [-0.3, -0.25) is 0 Å². The fourth-order valence-electron chi connectivity index (χ4n) is 2.93. The highest BCUT2D eigenvalue weighted by molar-refractivity contribution is 9.10. The van der Waals surface area contributed by atoms with Gasteiger partial charge in [0.25, 0.3) is 0 Å². The summed E-state index contributed by atoms with van der Waals surface area (Å²) in [7, 11) is 2.22. The van der Waals surface area contributed by atoms with E-state index in [0.717, 1.165) is 45.8 Å². The van der Waals surface area contributed by atoms with Gasteiger partial charge in [0, 0.05) is 46.4 Å². The average molecular weight is 375 g/mol. The minimum Gasteiger partial charge on any atom is -0.381 e. The number of thiophene rings is 1. The summed E-state index contributed by atoms with van der Waals surface area (Å²) in [6.07, 6.45) is 1.16. The van der Waals surface area contributed by atoms with Crippen molar-refractivity contribution in [2.45, 2.75) is 26.8 Å². The summed E-state index contributed by atoms with van der Waals surface area (Å²) in [5, 5.41) is 5.78. The van der Waals surface area contributed by atoms with Crippen LogP contribution in [0.15, 0.2) is 15.9 Å². The summed E-state index contributed by atoms with van der Waals surface area (Å²) in [5.41, 5.74) is 0.276. The van der Waals surface area contributed by atoms with E-state index < -0.39 is 0 Å². The molecule has 3 nitrogen and oxygen atoms in total. The van der Waals surface area contributed by atoms with Gasteiger partial charge < -0.3 is 15.0 Å². The second-order valence-electron chi connectivity index (χ2n) is 6.73. The molecule has 0 spiro atoms. The molecule has 1 saturated heterocycles. The van der Waals surface area contributed by atoms with Crippen molar-refractivity contribution in [1.29, 1.82) is 0 Å². The van der Waals surface area contributed by atoms with Crippen LogP contribution in [0.5, 0.6) is 0 Å². The predicted octanol–water partition coefficient (Wildman–Crippen LogP) is 3.59. The van der Waals surface area contributed by atoms with Crippen LogP contribution in [-0.2, 0) is 11.3 Å². The summed E-state index contributed by atoms with van der Waals surface area (Å²) in [5.74, 6) is 0.700. The second kappa shape index (κ2) is 8.06. The molecule has 1 unspecified atom stereocenters. The van der Waals surface area contributed by atoms with Crippen molar-refractivity contribution in [2.75, 3.05) is 39.9 Å². The fraction of sp³-hybridized carbons (Fsp3) is 0.750. The van der Waals surface area contributed by atoms with E-state index in [0.29, 0.717) is 5.92 Å². The molecule has 21 heavy (non-hydrogen) atoms. The van der Waals surface area contributed by atoms with E-state index in [9.17, 15) is 0 Å². The Hall–Kier alpha value is 0.0600. The van der Waals surface area contributed by atoms with Crippen LogP contribution in [0.3, 0.4) is 0 Å². The fourth-order valence-corrected chi connectivity index (χ4v) is 4.46. The van der Waals surface area contributed by atoms with Crippen molar-refractivity contribution >= 4 is 27.3 Å². The highest BCUT2D eigenvalue weighted by Gasteiger charge is 2.35. The van der Waals surface area contributed by atoms with Gasteiger partial charge in [-0.1, -0.05) is 13.8 Å². The maximum atomic E-state index is 5.70. The molecule has 5 heteroatoms. The van der Waals surface area contributed by atoms with Crippen LogP contribution in [0.4, 0.5) is 0 Å². The first-order chi connectivity index (χ1) is 9.99. The van der Waals surface area contributed by atoms with E-state index in [1.807, 2.05) is 11.3 Å². The Balaban J connectivity index is 1.86. The van der Waals surface area contributed by atoms with Crippen molar-refractivity contribution in [3.05, 3.63) is 20.8 Å². The molecule has 1 fully saturated rings. The lowest BCUT2D eigenvalue weighted by atomic mass is 9.86. The molecule has 0 bridgehead atoms. The maximum absolute atomic E-state index is 5.70. The molecule has 1 aromatic rings. The molecular weight excluding hydrogens is 348 g/mol. The Kier molecular flexibility index (Phi) is 6.69. The summed E-state index contributed by atoms with van der Waals surface area (Å²) >= 11 is 5.35. The van der Waals surface area contributed by atoms with E-state index in [2.05, 4.69) is 58.5 Å². The van der Waals surface area contributed by atoms with Gasteiger partial charge in [-0.2, -0.15) is 0 Å². The van der Waals surface area contributed by atoms with Gasteiger partial charge >= 0.3 is 0 Å². The number of hydrogen-bond donors (Lipinski definition) is 1. The molecule has 1 N–H and O–H groups in total. The summed E-state index contributed by atoms with van der Waals surface area (Å²) in [4.78, 5) is 3.85. The van der Waals surface area contributed by atoms with E-state index in [1.165, 1.54) is 9.35 Å². The van der Waals surface area contributed by atoms with Crippen LogP contribution < -0.4 is 5.32 Å². The molecule has 2 rings (SSSR count). The highest BCUT2D eigenvalue weighted by atomic mass is 79.9. The molecule has 1 aliphatic heterocycles. The molecule has 0 amide bonds. The van der Waals surface area contributed by atoms with Crippen LogP contribution in [0.1, 0.15) is 25.1 Å². The Morgan fingerprint density at radius 1 is 1.52 bits per heavy atom. The van der Waals surface area contributed by atoms with Gasteiger partial charge in [0.15, 0.2) is 0 Å². The van der Waals surface area contributed by atoms with Crippen molar-refractivity contribution < 1.29 is 4.74 Å². The van der Waals surface area contributed by atoms with E-state index in [4.69, 9.17) is 4.74 Å². The molecule has 0 radical (unpaired) electrons. The van der Waals surface area contributed by atoms with Gasteiger partial charge in [0.05, 0.1) is 6.61 Å². The SMILES string of the molecule is CC(C)CNCC1(CN(C)Cc2cc(Br)cs2)CCOC1. The number of halogens is 1. The molecule has 120 valence electrons. The molecule has 0 aliphatic carbocycles. The first-order valence-corrected chi connectivity index (χ1v) is 9.36. The van der Waals surface area contributed by atoms with Crippen molar-refractivity contribution in [2.24, 2.45) is 11.3 Å². The highest BCUT2D eigenvalue weighted by Crippen LogP contribution is 2.30. The quantitative estimate of drug-likeness (QED) is 0.752. The molecule has 0 saturated carbocycles. The lowest BCUT2D eigenvalue weighted by molar-refractivity contribution is 0.116. The molecule has 1 aliphatic rings. The Bertz CT molecular complexity index is 430. The van der Waals surface area contributed by atoms with Crippen molar-refractivity contribution in [3.63, 3.8) is 0 Å². The molecule has 1 atom stereocenters. The lowest BCUT2D eigenvalue weighted by Crippen LogP contribution is -2.44. The molecular formula is C16H27BrN2OS. The van der Waals surface area contributed by atoms with Gasteiger partial charge in [-0.25, -0.2) is 0 Å². The van der Waals surface area contributed by atoms with Gasteiger partial charge in [-0.15, -0.1) is 11.3 Å². The topological polar surface area (TPSA) is 24.5 Å². The Morgan fingerprint density at radius 2 is 2.33 bits per heavy atom. The molecule has 0 aromatic carbocycles. The molecule has 2 heterocycles. The van der Waals surface area contributed by atoms with Gasteiger partial charge in [-0.05, 0) is 47.9 Å². The smallest absolute Gasteiger partial charge is 0.0547 e. The summed E-state index contributed by atoms with van der Waals surface area (Å²) in [6, 6.07) is 2.22. The number of rotatable bonds is 8. The zero-order valence-electron chi connectivity index (χ0n) is 13.3. The zero-order chi connectivity index (χ0) is 15.3. The first kappa shape index (κ1) is 17.4. The minimum absolute atomic E-state index is 0.276.